The van der Waals surface area contributed by atoms with Crippen LogP contribution < -0.4 is 9.47 Å². The number of amides is 2. The van der Waals surface area contributed by atoms with Crippen LogP contribution in [0.3, 0.4) is 0 Å². The maximum absolute atomic E-state index is 13.0. The molecule has 0 saturated carbocycles. The Bertz CT molecular complexity index is 1050. The van der Waals surface area contributed by atoms with Crippen molar-refractivity contribution in [2.45, 2.75) is 6.42 Å². The van der Waals surface area contributed by atoms with E-state index in [9.17, 15) is 9.59 Å². The third kappa shape index (κ3) is 4.94. The quantitative estimate of drug-likeness (QED) is 0.599. The number of ether oxygens (including phenoxy) is 2. The van der Waals surface area contributed by atoms with Crippen LogP contribution in [0.15, 0.2) is 73.1 Å². The predicted octanol–water partition coefficient (Wildman–Crippen LogP) is 3.24. The van der Waals surface area contributed by atoms with E-state index in [0.717, 1.165) is 12.1 Å². The number of methoxy groups -OCH3 is 1. The molecule has 166 valence electrons. The number of hydrogen-bond acceptors (Lipinski definition) is 4. The first-order valence-corrected chi connectivity index (χ1v) is 10.7. The molecule has 0 unspecified atom stereocenters. The van der Waals surface area contributed by atoms with Crippen molar-refractivity contribution in [2.24, 2.45) is 0 Å². The maximum Gasteiger partial charge on any atom is 0.260 e. The van der Waals surface area contributed by atoms with Crippen molar-refractivity contribution in [1.82, 2.24) is 14.4 Å². The molecule has 0 aliphatic carbocycles. The zero-order chi connectivity index (χ0) is 22.3. The van der Waals surface area contributed by atoms with Gasteiger partial charge in [0.1, 0.15) is 0 Å². The van der Waals surface area contributed by atoms with Gasteiger partial charge in [0.25, 0.3) is 11.8 Å². The van der Waals surface area contributed by atoms with E-state index in [2.05, 4.69) is 0 Å². The number of para-hydroxylation sites is 2. The SMILES string of the molecule is COc1ccccc1OCC(=O)N1CCCN(C(=O)c2ccc(-n3cccc3)cc2)CC1. The van der Waals surface area contributed by atoms with Crippen LogP contribution in [0, 0.1) is 0 Å². The van der Waals surface area contributed by atoms with E-state index >= 15 is 0 Å². The van der Waals surface area contributed by atoms with Gasteiger partial charge in [0.05, 0.1) is 7.11 Å². The van der Waals surface area contributed by atoms with E-state index in [1.165, 1.54) is 0 Å². The molecule has 2 heterocycles. The normalized spacial score (nSPS) is 14.0. The first-order valence-electron chi connectivity index (χ1n) is 10.7. The molecule has 2 amide bonds. The van der Waals surface area contributed by atoms with Crippen molar-refractivity contribution in [2.75, 3.05) is 39.9 Å². The Morgan fingerprint density at radius 2 is 1.47 bits per heavy atom. The first-order chi connectivity index (χ1) is 15.7. The summed E-state index contributed by atoms with van der Waals surface area (Å²) in [7, 11) is 1.57. The summed E-state index contributed by atoms with van der Waals surface area (Å²) in [5, 5.41) is 0. The minimum absolute atomic E-state index is 0.0105. The first kappa shape index (κ1) is 21.5. The van der Waals surface area contributed by atoms with E-state index < -0.39 is 0 Å². The lowest BCUT2D eigenvalue weighted by Crippen LogP contribution is -2.39. The molecule has 0 atom stereocenters. The van der Waals surface area contributed by atoms with Crippen LogP contribution in [-0.4, -0.2) is 66.1 Å². The highest BCUT2D eigenvalue weighted by Gasteiger charge is 2.23. The molecule has 1 aliphatic heterocycles. The van der Waals surface area contributed by atoms with Gasteiger partial charge >= 0.3 is 0 Å². The van der Waals surface area contributed by atoms with Gasteiger partial charge in [-0.1, -0.05) is 12.1 Å². The minimum Gasteiger partial charge on any atom is -0.493 e. The van der Waals surface area contributed by atoms with Crippen molar-refractivity contribution in [3.05, 3.63) is 78.6 Å². The summed E-state index contributed by atoms with van der Waals surface area (Å²) in [6.07, 6.45) is 4.66. The van der Waals surface area contributed by atoms with Gasteiger partial charge < -0.3 is 23.8 Å². The summed E-state index contributed by atoms with van der Waals surface area (Å²) >= 11 is 0. The second-order valence-electron chi connectivity index (χ2n) is 7.60. The topological polar surface area (TPSA) is 64.0 Å². The van der Waals surface area contributed by atoms with Gasteiger partial charge in [-0.3, -0.25) is 9.59 Å². The molecule has 1 fully saturated rings. The number of benzene rings is 2. The van der Waals surface area contributed by atoms with Crippen LogP contribution in [0.5, 0.6) is 11.5 Å². The Labute approximate surface area is 187 Å². The molecule has 0 radical (unpaired) electrons. The van der Waals surface area contributed by atoms with Crippen molar-refractivity contribution < 1.29 is 19.1 Å². The molecule has 7 nitrogen and oxygen atoms in total. The monoisotopic (exact) mass is 433 g/mol. The third-order valence-electron chi connectivity index (χ3n) is 5.57. The number of carbonyl (C=O) groups is 2. The number of hydrogen-bond donors (Lipinski definition) is 0. The van der Waals surface area contributed by atoms with Gasteiger partial charge in [-0.05, 0) is 55.0 Å². The Morgan fingerprint density at radius 1 is 0.812 bits per heavy atom. The maximum atomic E-state index is 13.0. The van der Waals surface area contributed by atoms with Gasteiger partial charge in [-0.2, -0.15) is 0 Å². The number of carbonyl (C=O) groups excluding carboxylic acids is 2. The fraction of sp³-hybridized carbons (Fsp3) is 0.280. The fourth-order valence-corrected chi connectivity index (χ4v) is 3.80. The standard InChI is InChI=1S/C25H27N3O4/c1-31-22-7-2-3-8-23(22)32-19-24(29)27-15-6-16-28(18-17-27)25(30)20-9-11-21(12-10-20)26-13-4-5-14-26/h2-5,7-14H,6,15-19H2,1H3. The Morgan fingerprint density at radius 3 is 2.19 bits per heavy atom. The average molecular weight is 434 g/mol. The van der Waals surface area contributed by atoms with Crippen LogP contribution in [0.4, 0.5) is 0 Å². The summed E-state index contributed by atoms with van der Waals surface area (Å²) in [6, 6.07) is 18.8. The zero-order valence-electron chi connectivity index (χ0n) is 18.1. The third-order valence-corrected chi connectivity index (χ3v) is 5.57. The average Bonchev–Trinajstić information content (AvgIpc) is 3.27. The van der Waals surface area contributed by atoms with E-state index in [0.29, 0.717) is 43.2 Å². The molecule has 7 heteroatoms. The van der Waals surface area contributed by atoms with Crippen LogP contribution in [0.25, 0.3) is 5.69 Å². The molecule has 1 aromatic heterocycles. The lowest BCUT2D eigenvalue weighted by atomic mass is 10.1. The van der Waals surface area contributed by atoms with E-state index in [1.54, 1.807) is 24.1 Å². The van der Waals surface area contributed by atoms with Gasteiger partial charge in [0, 0.05) is 49.8 Å². The Hall–Kier alpha value is -3.74. The van der Waals surface area contributed by atoms with Crippen LogP contribution >= 0.6 is 0 Å². The van der Waals surface area contributed by atoms with Crippen LogP contribution in [0.1, 0.15) is 16.8 Å². The number of nitrogens with zero attached hydrogens (tertiary/aromatic N) is 3. The van der Waals surface area contributed by atoms with Gasteiger partial charge in [0.2, 0.25) is 0 Å². The molecule has 32 heavy (non-hydrogen) atoms. The lowest BCUT2D eigenvalue weighted by molar-refractivity contribution is -0.133. The molecule has 0 N–H and O–H groups in total. The number of aromatic nitrogens is 1. The van der Waals surface area contributed by atoms with E-state index in [1.807, 2.05) is 70.4 Å². The van der Waals surface area contributed by atoms with E-state index in [-0.39, 0.29) is 18.4 Å². The molecular weight excluding hydrogens is 406 g/mol. The van der Waals surface area contributed by atoms with Gasteiger partial charge in [0.15, 0.2) is 18.1 Å². The van der Waals surface area contributed by atoms with Crippen LogP contribution in [0.2, 0.25) is 0 Å². The minimum atomic E-state index is -0.0960. The zero-order valence-corrected chi connectivity index (χ0v) is 18.1. The van der Waals surface area contributed by atoms with Gasteiger partial charge in [-0.15, -0.1) is 0 Å². The molecule has 0 spiro atoms. The van der Waals surface area contributed by atoms with Crippen molar-refractivity contribution in [3.8, 4) is 17.2 Å². The summed E-state index contributed by atoms with van der Waals surface area (Å²) in [4.78, 5) is 29.2. The largest absolute Gasteiger partial charge is 0.493 e. The summed E-state index contributed by atoms with van der Waals surface area (Å²) < 4.78 is 12.9. The summed E-state index contributed by atoms with van der Waals surface area (Å²) in [5.74, 6) is 1.03. The highest BCUT2D eigenvalue weighted by molar-refractivity contribution is 5.94. The van der Waals surface area contributed by atoms with Crippen molar-refractivity contribution in [3.63, 3.8) is 0 Å². The Kier molecular flexibility index (Phi) is 6.75. The molecule has 3 aromatic rings. The van der Waals surface area contributed by atoms with Crippen molar-refractivity contribution >= 4 is 11.8 Å². The highest BCUT2D eigenvalue weighted by atomic mass is 16.5. The molecule has 1 saturated heterocycles. The predicted molar refractivity (Wildman–Crippen MR) is 121 cm³/mol. The fourth-order valence-electron chi connectivity index (χ4n) is 3.80. The molecule has 0 bridgehead atoms. The summed E-state index contributed by atoms with van der Waals surface area (Å²) in [5.41, 5.74) is 1.66. The van der Waals surface area contributed by atoms with E-state index in [4.69, 9.17) is 9.47 Å². The van der Waals surface area contributed by atoms with Crippen LogP contribution in [-0.2, 0) is 4.79 Å². The lowest BCUT2D eigenvalue weighted by Gasteiger charge is -2.22. The number of rotatable bonds is 6. The van der Waals surface area contributed by atoms with Gasteiger partial charge in [-0.25, -0.2) is 0 Å². The Balaban J connectivity index is 1.32. The second kappa shape index (κ2) is 10.0. The van der Waals surface area contributed by atoms with Crippen molar-refractivity contribution in [1.29, 1.82) is 0 Å². The summed E-state index contributed by atoms with van der Waals surface area (Å²) in [6.45, 7) is 2.15. The molecule has 1 aliphatic rings. The molecule has 2 aromatic carbocycles. The second-order valence-corrected chi connectivity index (χ2v) is 7.60. The smallest absolute Gasteiger partial charge is 0.260 e. The highest BCUT2D eigenvalue weighted by Crippen LogP contribution is 2.25. The molecule has 4 rings (SSSR count). The molecular formula is C25H27N3O4.